The zero-order valence-corrected chi connectivity index (χ0v) is 20.5. The molecule has 7 rings (SSSR count). The number of para-hydroxylation sites is 2. The minimum Gasteiger partial charge on any atom is -0.455 e. The fourth-order valence-electron chi connectivity index (χ4n) is 5.27. The number of aromatic nitrogens is 3. The number of benzene rings is 4. The summed E-state index contributed by atoms with van der Waals surface area (Å²) in [6.45, 7) is 6.54. The van der Waals surface area contributed by atoms with Gasteiger partial charge in [0.1, 0.15) is 22.5 Å². The summed E-state index contributed by atoms with van der Waals surface area (Å²) in [6.07, 6.45) is 1.89. The third-order valence-corrected chi connectivity index (χ3v) is 6.93. The molecule has 0 saturated heterocycles. The number of imidazole rings is 1. The van der Waals surface area contributed by atoms with Crippen molar-refractivity contribution in [2.24, 2.45) is 0 Å². The van der Waals surface area contributed by atoms with Gasteiger partial charge in [0.15, 0.2) is 0 Å². The minimum absolute atomic E-state index is 0.142. The number of furan rings is 1. The second kappa shape index (κ2) is 7.53. The molecule has 3 heterocycles. The summed E-state index contributed by atoms with van der Waals surface area (Å²) in [4.78, 5) is 10.0. The maximum atomic E-state index is 6.67. The van der Waals surface area contributed by atoms with Crippen LogP contribution in [0.2, 0.25) is 0 Å². The summed E-state index contributed by atoms with van der Waals surface area (Å²) in [6, 6.07) is 31.5. The number of pyridine rings is 1. The summed E-state index contributed by atoms with van der Waals surface area (Å²) in [5.41, 5.74) is 6.58. The lowest BCUT2D eigenvalue weighted by Gasteiger charge is -2.17. The molecule has 36 heavy (non-hydrogen) atoms. The summed E-state index contributed by atoms with van der Waals surface area (Å²) in [5, 5.41) is 4.50. The van der Waals surface area contributed by atoms with Crippen molar-refractivity contribution in [3.63, 3.8) is 0 Å². The average molecular weight is 468 g/mol. The molecule has 4 nitrogen and oxygen atoms in total. The molecule has 3 aromatic heterocycles. The molecular weight excluding hydrogens is 442 g/mol. The van der Waals surface area contributed by atoms with Gasteiger partial charge in [-0.1, -0.05) is 81.4 Å². The quantitative estimate of drug-likeness (QED) is 0.256. The number of hydrogen-bond donors (Lipinski definition) is 0. The Morgan fingerprint density at radius 2 is 1.44 bits per heavy atom. The molecule has 0 aliphatic rings. The maximum absolute atomic E-state index is 6.67. The number of hydrogen-bond acceptors (Lipinski definition) is 3. The highest BCUT2D eigenvalue weighted by atomic mass is 16.3. The highest BCUT2D eigenvalue weighted by Gasteiger charge is 2.25. The molecule has 0 bridgehead atoms. The molecule has 4 heteroatoms. The topological polar surface area (TPSA) is 43.9 Å². The lowest BCUT2D eigenvalue weighted by atomic mass is 9.91. The normalized spacial score (nSPS) is 12.3. The molecule has 0 saturated carbocycles. The molecule has 0 unspecified atom stereocenters. The van der Waals surface area contributed by atoms with Crippen LogP contribution >= 0.6 is 0 Å². The van der Waals surface area contributed by atoms with E-state index in [4.69, 9.17) is 14.4 Å². The van der Waals surface area contributed by atoms with Gasteiger partial charge in [0, 0.05) is 33.5 Å². The van der Waals surface area contributed by atoms with E-state index in [0.717, 1.165) is 61.1 Å². The van der Waals surface area contributed by atoms with Crippen LogP contribution in [0, 0.1) is 0 Å². The Hall–Kier alpha value is -4.44. The highest BCUT2D eigenvalue weighted by Crippen LogP contribution is 2.40. The van der Waals surface area contributed by atoms with Crippen molar-refractivity contribution in [1.82, 2.24) is 14.5 Å². The van der Waals surface area contributed by atoms with E-state index in [1.165, 1.54) is 5.39 Å². The highest BCUT2D eigenvalue weighted by molar-refractivity contribution is 6.17. The summed E-state index contributed by atoms with van der Waals surface area (Å²) >= 11 is 0. The van der Waals surface area contributed by atoms with E-state index in [0.29, 0.717) is 0 Å². The zero-order valence-electron chi connectivity index (χ0n) is 20.5. The van der Waals surface area contributed by atoms with Crippen molar-refractivity contribution in [2.75, 3.05) is 0 Å². The first-order chi connectivity index (χ1) is 17.5. The smallest absolute Gasteiger partial charge is 0.149 e. The molecular formula is C32H25N3O. The summed E-state index contributed by atoms with van der Waals surface area (Å²) in [5.74, 6) is 0.851. The third kappa shape index (κ3) is 3.01. The Bertz CT molecular complexity index is 1920. The molecule has 0 N–H and O–H groups in total. The molecule has 4 aromatic carbocycles. The predicted molar refractivity (Wildman–Crippen MR) is 148 cm³/mol. The lowest BCUT2D eigenvalue weighted by Crippen LogP contribution is -2.14. The van der Waals surface area contributed by atoms with Gasteiger partial charge in [0.2, 0.25) is 0 Å². The maximum Gasteiger partial charge on any atom is 0.149 e. The van der Waals surface area contributed by atoms with Gasteiger partial charge in [-0.25, -0.2) is 4.98 Å². The van der Waals surface area contributed by atoms with Gasteiger partial charge >= 0.3 is 0 Å². The number of nitrogens with zero attached hydrogens (tertiary/aromatic N) is 3. The van der Waals surface area contributed by atoms with Crippen LogP contribution in [0.25, 0.3) is 60.8 Å². The molecule has 7 aromatic rings. The van der Waals surface area contributed by atoms with E-state index in [1.807, 2.05) is 12.3 Å². The van der Waals surface area contributed by atoms with Crippen LogP contribution in [0.1, 0.15) is 26.5 Å². The van der Waals surface area contributed by atoms with E-state index in [9.17, 15) is 0 Å². The van der Waals surface area contributed by atoms with Crippen LogP contribution < -0.4 is 0 Å². The second-order valence-corrected chi connectivity index (χ2v) is 10.3. The molecule has 0 amide bonds. The van der Waals surface area contributed by atoms with Crippen molar-refractivity contribution < 1.29 is 4.42 Å². The summed E-state index contributed by atoms with van der Waals surface area (Å²) < 4.78 is 8.90. The second-order valence-electron chi connectivity index (χ2n) is 10.3. The largest absolute Gasteiger partial charge is 0.455 e. The van der Waals surface area contributed by atoms with Gasteiger partial charge in [0.25, 0.3) is 0 Å². The Labute approximate surface area is 208 Å². The monoisotopic (exact) mass is 467 g/mol. The molecule has 0 spiro atoms. The first kappa shape index (κ1) is 20.9. The van der Waals surface area contributed by atoms with Gasteiger partial charge in [-0.2, -0.15) is 0 Å². The van der Waals surface area contributed by atoms with E-state index >= 15 is 0 Å². The van der Waals surface area contributed by atoms with Crippen molar-refractivity contribution in [2.45, 2.75) is 26.2 Å². The Morgan fingerprint density at radius 3 is 2.28 bits per heavy atom. The van der Waals surface area contributed by atoms with E-state index in [1.54, 1.807) is 0 Å². The molecule has 0 aliphatic heterocycles. The minimum atomic E-state index is -0.142. The van der Waals surface area contributed by atoms with Crippen LogP contribution in [-0.4, -0.2) is 14.5 Å². The van der Waals surface area contributed by atoms with Crippen LogP contribution in [0.3, 0.4) is 0 Å². The lowest BCUT2D eigenvalue weighted by molar-refractivity contribution is 0.574. The van der Waals surface area contributed by atoms with Gasteiger partial charge in [0.05, 0.1) is 16.8 Å². The first-order valence-corrected chi connectivity index (χ1v) is 12.3. The predicted octanol–water partition coefficient (Wildman–Crippen LogP) is 8.44. The van der Waals surface area contributed by atoms with Crippen LogP contribution in [-0.2, 0) is 5.41 Å². The first-order valence-electron chi connectivity index (χ1n) is 12.3. The van der Waals surface area contributed by atoms with E-state index in [2.05, 4.69) is 110 Å². The average Bonchev–Trinajstić information content (AvgIpc) is 3.47. The Balaban J connectivity index is 1.61. The van der Waals surface area contributed by atoms with Crippen molar-refractivity contribution in [3.05, 3.63) is 103 Å². The fourth-order valence-corrected chi connectivity index (χ4v) is 5.27. The van der Waals surface area contributed by atoms with Crippen molar-refractivity contribution in [3.8, 4) is 17.1 Å². The van der Waals surface area contributed by atoms with Crippen LogP contribution in [0.4, 0.5) is 0 Å². The molecule has 174 valence electrons. The molecule has 0 atom stereocenters. The van der Waals surface area contributed by atoms with E-state index in [-0.39, 0.29) is 5.41 Å². The fraction of sp³-hybridized carbons (Fsp3) is 0.125. The van der Waals surface area contributed by atoms with Gasteiger partial charge in [-0.15, -0.1) is 0 Å². The van der Waals surface area contributed by atoms with Gasteiger partial charge in [-0.3, -0.25) is 9.55 Å². The SMILES string of the molecule is CC(C)(C)c1nccc2c1nc(-c1cccc3c1oc1c4ccccc4ccc31)n2-c1ccccc1. The number of fused-ring (bicyclic) bond motifs is 6. The third-order valence-electron chi connectivity index (χ3n) is 6.93. The van der Waals surface area contributed by atoms with Crippen LogP contribution in [0.5, 0.6) is 0 Å². The Kier molecular flexibility index (Phi) is 4.37. The van der Waals surface area contributed by atoms with Crippen molar-refractivity contribution >= 4 is 43.7 Å². The molecule has 0 fully saturated rings. The molecule has 0 radical (unpaired) electrons. The standard InChI is InChI=1S/C32H25N3O/c1-32(2,3)30-27-26(18-19-33-30)35(21-11-5-4-6-12-21)31(34-27)25-15-9-14-23-24-17-16-20-10-7-8-13-22(20)28(24)36-29(23)25/h4-19H,1-3H3. The molecule has 0 aliphatic carbocycles. The Morgan fingerprint density at radius 1 is 0.694 bits per heavy atom. The zero-order chi connectivity index (χ0) is 24.4. The van der Waals surface area contributed by atoms with E-state index < -0.39 is 0 Å². The van der Waals surface area contributed by atoms with Gasteiger partial charge < -0.3 is 4.42 Å². The summed E-state index contributed by atoms with van der Waals surface area (Å²) in [7, 11) is 0. The van der Waals surface area contributed by atoms with Crippen LogP contribution in [0.15, 0.2) is 102 Å². The van der Waals surface area contributed by atoms with Gasteiger partial charge in [-0.05, 0) is 35.7 Å². The van der Waals surface area contributed by atoms with Crippen molar-refractivity contribution in [1.29, 1.82) is 0 Å². The number of rotatable bonds is 2.